The number of hydrogen-bond acceptors (Lipinski definition) is 3. The molecule has 0 atom stereocenters. The van der Waals surface area contributed by atoms with E-state index in [-0.39, 0.29) is 5.91 Å². The number of thiazole rings is 1. The summed E-state index contributed by atoms with van der Waals surface area (Å²) in [7, 11) is 0. The highest BCUT2D eigenvalue weighted by Crippen LogP contribution is 2.25. The van der Waals surface area contributed by atoms with Crippen LogP contribution in [-0.4, -0.2) is 17.4 Å². The van der Waals surface area contributed by atoms with E-state index < -0.39 is 0 Å². The maximum absolute atomic E-state index is 11.7. The second-order valence-corrected chi connectivity index (χ2v) is 5.83. The smallest absolute Gasteiger partial charge is 0.226 e. The van der Waals surface area contributed by atoms with Crippen LogP contribution in [0.4, 0.5) is 0 Å². The molecule has 1 N–H and O–H groups in total. The minimum absolute atomic E-state index is 0.0337. The minimum Gasteiger partial charge on any atom is -0.356 e. The van der Waals surface area contributed by atoms with Crippen LogP contribution in [0.15, 0.2) is 29.6 Å². The molecule has 2 aromatic rings. The molecule has 0 fully saturated rings. The molecular weight excluding hydrogens is 292 g/mol. The summed E-state index contributed by atoms with van der Waals surface area (Å²) in [6, 6.07) is 7.56. The molecule has 0 saturated heterocycles. The van der Waals surface area contributed by atoms with Crippen molar-refractivity contribution in [1.29, 1.82) is 0 Å². The Morgan fingerprint density at radius 3 is 2.80 bits per heavy atom. The highest BCUT2D eigenvalue weighted by Gasteiger charge is 2.08. The number of rotatable bonds is 6. The maximum Gasteiger partial charge on any atom is 0.226 e. The standard InChI is InChI=1S/C15H17ClN2OS/c1-2-3-8-17-14(19)9-13-10-20-15(18-13)11-4-6-12(16)7-5-11/h4-7,10H,2-3,8-9H2,1H3,(H,17,19). The Kier molecular flexibility index (Phi) is 5.56. The molecule has 0 spiro atoms. The second-order valence-electron chi connectivity index (χ2n) is 4.53. The fourth-order valence-electron chi connectivity index (χ4n) is 1.74. The number of halogens is 1. The number of nitrogens with zero attached hydrogens (tertiary/aromatic N) is 1. The van der Waals surface area contributed by atoms with Crippen molar-refractivity contribution in [2.24, 2.45) is 0 Å². The fourth-order valence-corrected chi connectivity index (χ4v) is 2.70. The topological polar surface area (TPSA) is 42.0 Å². The first-order valence-electron chi connectivity index (χ1n) is 6.66. The quantitative estimate of drug-likeness (QED) is 0.822. The number of benzene rings is 1. The summed E-state index contributed by atoms with van der Waals surface area (Å²) in [5.74, 6) is 0.0337. The summed E-state index contributed by atoms with van der Waals surface area (Å²) in [6.45, 7) is 2.84. The third kappa shape index (κ3) is 4.32. The summed E-state index contributed by atoms with van der Waals surface area (Å²) in [6.07, 6.45) is 2.43. The summed E-state index contributed by atoms with van der Waals surface area (Å²) in [5.41, 5.74) is 1.84. The summed E-state index contributed by atoms with van der Waals surface area (Å²) in [5, 5.41) is 6.45. The molecular formula is C15H17ClN2OS. The molecule has 0 bridgehead atoms. The first-order chi connectivity index (χ1) is 9.69. The van der Waals surface area contributed by atoms with Crippen molar-refractivity contribution in [3.63, 3.8) is 0 Å². The third-order valence-corrected chi connectivity index (χ3v) is 4.03. The largest absolute Gasteiger partial charge is 0.356 e. The molecule has 0 radical (unpaired) electrons. The number of carbonyl (C=O) groups excluding carboxylic acids is 1. The number of carbonyl (C=O) groups is 1. The summed E-state index contributed by atoms with van der Waals surface area (Å²) < 4.78 is 0. The molecule has 1 aromatic carbocycles. The van der Waals surface area contributed by atoms with Gasteiger partial charge in [-0.1, -0.05) is 37.1 Å². The number of nitrogens with one attached hydrogen (secondary N) is 1. The van der Waals surface area contributed by atoms with Gasteiger partial charge in [-0.15, -0.1) is 11.3 Å². The van der Waals surface area contributed by atoms with Crippen molar-refractivity contribution in [3.05, 3.63) is 40.4 Å². The predicted molar refractivity (Wildman–Crippen MR) is 84.2 cm³/mol. The van der Waals surface area contributed by atoms with Gasteiger partial charge >= 0.3 is 0 Å². The Bertz CT molecular complexity index is 566. The lowest BCUT2D eigenvalue weighted by Gasteiger charge is -2.02. The zero-order valence-corrected chi connectivity index (χ0v) is 12.9. The van der Waals surface area contributed by atoms with Gasteiger partial charge in [0.05, 0.1) is 12.1 Å². The van der Waals surface area contributed by atoms with Crippen LogP contribution in [0.25, 0.3) is 10.6 Å². The minimum atomic E-state index is 0.0337. The molecule has 0 aliphatic heterocycles. The van der Waals surface area contributed by atoms with E-state index in [0.29, 0.717) is 11.4 Å². The van der Waals surface area contributed by atoms with E-state index in [1.54, 1.807) is 11.3 Å². The van der Waals surface area contributed by atoms with Gasteiger partial charge < -0.3 is 5.32 Å². The molecule has 106 valence electrons. The molecule has 1 amide bonds. The Morgan fingerprint density at radius 1 is 1.35 bits per heavy atom. The van der Waals surface area contributed by atoms with Gasteiger partial charge in [0.2, 0.25) is 5.91 Å². The van der Waals surface area contributed by atoms with Gasteiger partial charge in [-0.05, 0) is 18.6 Å². The zero-order chi connectivity index (χ0) is 14.4. The zero-order valence-electron chi connectivity index (χ0n) is 11.4. The Morgan fingerprint density at radius 2 is 2.10 bits per heavy atom. The SMILES string of the molecule is CCCCNC(=O)Cc1csc(-c2ccc(Cl)cc2)n1. The van der Waals surface area contributed by atoms with Crippen LogP contribution in [0.5, 0.6) is 0 Å². The molecule has 2 rings (SSSR count). The van der Waals surface area contributed by atoms with E-state index in [1.165, 1.54) is 0 Å². The first kappa shape index (κ1) is 15.0. The molecule has 1 heterocycles. The van der Waals surface area contributed by atoms with E-state index in [1.807, 2.05) is 29.6 Å². The molecule has 5 heteroatoms. The predicted octanol–water partition coefficient (Wildman–Crippen LogP) is 3.92. The summed E-state index contributed by atoms with van der Waals surface area (Å²) in [4.78, 5) is 16.2. The van der Waals surface area contributed by atoms with Crippen molar-refractivity contribution in [1.82, 2.24) is 10.3 Å². The molecule has 0 saturated carbocycles. The van der Waals surface area contributed by atoms with Gasteiger partial charge in [-0.25, -0.2) is 4.98 Å². The van der Waals surface area contributed by atoms with Crippen LogP contribution in [0, 0.1) is 0 Å². The Balaban J connectivity index is 1.95. The van der Waals surface area contributed by atoms with Gasteiger partial charge in [-0.2, -0.15) is 0 Å². The van der Waals surface area contributed by atoms with Gasteiger partial charge in [-0.3, -0.25) is 4.79 Å². The van der Waals surface area contributed by atoms with Crippen LogP contribution in [0.2, 0.25) is 5.02 Å². The molecule has 0 aliphatic carbocycles. The van der Waals surface area contributed by atoms with Gasteiger partial charge in [0.15, 0.2) is 0 Å². The monoisotopic (exact) mass is 308 g/mol. The van der Waals surface area contributed by atoms with Crippen molar-refractivity contribution < 1.29 is 4.79 Å². The normalized spacial score (nSPS) is 10.5. The van der Waals surface area contributed by atoms with E-state index in [2.05, 4.69) is 17.2 Å². The fraction of sp³-hybridized carbons (Fsp3) is 0.333. The highest BCUT2D eigenvalue weighted by molar-refractivity contribution is 7.13. The van der Waals surface area contributed by atoms with Gasteiger partial charge in [0.25, 0.3) is 0 Å². The van der Waals surface area contributed by atoms with Crippen molar-refractivity contribution in [2.75, 3.05) is 6.54 Å². The molecule has 0 aliphatic rings. The van der Waals surface area contributed by atoms with Gasteiger partial charge in [0, 0.05) is 22.5 Å². The van der Waals surface area contributed by atoms with Crippen molar-refractivity contribution in [3.8, 4) is 10.6 Å². The molecule has 0 unspecified atom stereocenters. The maximum atomic E-state index is 11.7. The van der Waals surface area contributed by atoms with E-state index in [0.717, 1.165) is 35.7 Å². The van der Waals surface area contributed by atoms with Crippen LogP contribution >= 0.6 is 22.9 Å². The Hall–Kier alpha value is -1.39. The lowest BCUT2D eigenvalue weighted by atomic mass is 10.2. The lowest BCUT2D eigenvalue weighted by molar-refractivity contribution is -0.120. The van der Waals surface area contributed by atoms with E-state index >= 15 is 0 Å². The lowest BCUT2D eigenvalue weighted by Crippen LogP contribution is -2.26. The number of aromatic nitrogens is 1. The first-order valence-corrected chi connectivity index (χ1v) is 7.92. The van der Waals surface area contributed by atoms with Crippen LogP contribution < -0.4 is 5.32 Å². The second kappa shape index (κ2) is 7.41. The van der Waals surface area contributed by atoms with E-state index in [4.69, 9.17) is 11.6 Å². The van der Waals surface area contributed by atoms with Crippen LogP contribution in [0.3, 0.4) is 0 Å². The Labute approximate surface area is 128 Å². The number of unbranched alkanes of at least 4 members (excludes halogenated alkanes) is 1. The van der Waals surface area contributed by atoms with Crippen LogP contribution in [0.1, 0.15) is 25.5 Å². The average molecular weight is 309 g/mol. The molecule has 1 aromatic heterocycles. The van der Waals surface area contributed by atoms with Crippen LogP contribution in [-0.2, 0) is 11.2 Å². The van der Waals surface area contributed by atoms with Gasteiger partial charge in [0.1, 0.15) is 5.01 Å². The summed E-state index contributed by atoms with van der Waals surface area (Å²) >= 11 is 7.41. The molecule has 3 nitrogen and oxygen atoms in total. The molecule has 20 heavy (non-hydrogen) atoms. The van der Waals surface area contributed by atoms with E-state index in [9.17, 15) is 4.79 Å². The average Bonchev–Trinajstić information content (AvgIpc) is 2.88. The van der Waals surface area contributed by atoms with Crippen molar-refractivity contribution >= 4 is 28.8 Å². The number of amides is 1. The van der Waals surface area contributed by atoms with Crippen molar-refractivity contribution in [2.45, 2.75) is 26.2 Å². The number of hydrogen-bond donors (Lipinski definition) is 1. The third-order valence-electron chi connectivity index (χ3n) is 2.84. The highest BCUT2D eigenvalue weighted by atomic mass is 35.5.